The Balaban J connectivity index is 1.91. The number of para-hydroxylation sites is 1. The van der Waals surface area contributed by atoms with Crippen molar-refractivity contribution in [3.63, 3.8) is 0 Å². The van der Waals surface area contributed by atoms with Gasteiger partial charge in [-0.3, -0.25) is 4.68 Å². The summed E-state index contributed by atoms with van der Waals surface area (Å²) in [6, 6.07) is 9.65. The maximum absolute atomic E-state index is 6.33. The van der Waals surface area contributed by atoms with Gasteiger partial charge in [-0.1, -0.05) is 29.8 Å². The van der Waals surface area contributed by atoms with E-state index in [0.29, 0.717) is 11.4 Å². The van der Waals surface area contributed by atoms with Crippen molar-refractivity contribution in [2.24, 2.45) is 5.73 Å². The van der Waals surface area contributed by atoms with Gasteiger partial charge in [-0.05, 0) is 26.0 Å². The van der Waals surface area contributed by atoms with Crippen LogP contribution in [0.4, 0.5) is 0 Å². The first-order valence-electron chi connectivity index (χ1n) is 7.06. The van der Waals surface area contributed by atoms with Crippen LogP contribution in [0.1, 0.15) is 30.1 Å². The maximum atomic E-state index is 6.33. The number of aryl methyl sites for hydroxylation is 2. The number of nitrogens with zero attached hydrogens (tertiary/aromatic N) is 2. The fraction of sp³-hybridized carbons (Fsp3) is 0.312. The zero-order valence-corrected chi connectivity index (χ0v) is 12.9. The molecule has 0 aliphatic heterocycles. The first-order valence-corrected chi connectivity index (χ1v) is 7.43. The molecular formula is C16H18ClN3O. The van der Waals surface area contributed by atoms with Crippen LogP contribution in [0.5, 0.6) is 0 Å². The summed E-state index contributed by atoms with van der Waals surface area (Å²) in [5.41, 5.74) is 8.96. The van der Waals surface area contributed by atoms with Crippen LogP contribution < -0.4 is 5.73 Å². The number of nitrogens with two attached hydrogens (primary N) is 1. The van der Waals surface area contributed by atoms with Gasteiger partial charge in [0.1, 0.15) is 11.3 Å². The van der Waals surface area contributed by atoms with E-state index in [1.165, 1.54) is 0 Å². The normalized spacial score (nSPS) is 13.0. The minimum Gasteiger partial charge on any atom is -0.459 e. The molecule has 2 aromatic heterocycles. The van der Waals surface area contributed by atoms with Crippen molar-refractivity contribution < 1.29 is 4.42 Å². The summed E-state index contributed by atoms with van der Waals surface area (Å²) >= 11 is 6.33. The molecule has 21 heavy (non-hydrogen) atoms. The Morgan fingerprint density at radius 1 is 1.38 bits per heavy atom. The molecule has 0 aliphatic rings. The topological polar surface area (TPSA) is 57.0 Å². The number of benzene rings is 1. The largest absolute Gasteiger partial charge is 0.459 e. The zero-order chi connectivity index (χ0) is 15.0. The lowest BCUT2D eigenvalue weighted by Crippen LogP contribution is -2.15. The predicted octanol–water partition coefficient (Wildman–Crippen LogP) is 3.85. The van der Waals surface area contributed by atoms with Gasteiger partial charge in [0.25, 0.3) is 0 Å². The highest BCUT2D eigenvalue weighted by Gasteiger charge is 2.19. The number of hydrogen-bond acceptors (Lipinski definition) is 3. The summed E-state index contributed by atoms with van der Waals surface area (Å²) in [6.07, 6.45) is 0.604. The van der Waals surface area contributed by atoms with E-state index in [2.05, 4.69) is 5.10 Å². The third kappa shape index (κ3) is 2.57. The highest BCUT2D eigenvalue weighted by atomic mass is 35.5. The maximum Gasteiger partial charge on any atom is 0.134 e. The lowest BCUT2D eigenvalue weighted by atomic mass is 10.1. The fourth-order valence-corrected chi connectivity index (χ4v) is 2.77. The van der Waals surface area contributed by atoms with E-state index in [-0.39, 0.29) is 6.04 Å². The van der Waals surface area contributed by atoms with E-state index in [9.17, 15) is 0 Å². The quantitative estimate of drug-likeness (QED) is 0.796. The van der Waals surface area contributed by atoms with E-state index >= 15 is 0 Å². The number of furan rings is 1. The van der Waals surface area contributed by atoms with Crippen LogP contribution in [0.3, 0.4) is 0 Å². The molecule has 3 rings (SSSR count). The molecule has 0 saturated heterocycles. The fourth-order valence-electron chi connectivity index (χ4n) is 2.56. The second-order valence-electron chi connectivity index (χ2n) is 5.16. The van der Waals surface area contributed by atoms with Crippen molar-refractivity contribution in [3.8, 4) is 0 Å². The SMILES string of the molecule is CCn1nc(C)c(Cl)c1CC(N)c1cc2ccccc2o1. The van der Waals surface area contributed by atoms with Crippen LogP contribution in [0, 0.1) is 6.92 Å². The van der Waals surface area contributed by atoms with Crippen LogP contribution in [-0.4, -0.2) is 9.78 Å². The first-order chi connectivity index (χ1) is 10.1. The lowest BCUT2D eigenvalue weighted by molar-refractivity contribution is 0.482. The molecule has 2 heterocycles. The van der Waals surface area contributed by atoms with Crippen LogP contribution in [0.25, 0.3) is 11.0 Å². The van der Waals surface area contributed by atoms with Crippen molar-refractivity contribution in [1.82, 2.24) is 9.78 Å². The number of aromatic nitrogens is 2. The summed E-state index contributed by atoms with van der Waals surface area (Å²) in [5.74, 6) is 0.772. The molecule has 110 valence electrons. The number of rotatable bonds is 4. The van der Waals surface area contributed by atoms with E-state index < -0.39 is 0 Å². The Hall–Kier alpha value is -1.78. The van der Waals surface area contributed by atoms with E-state index in [4.69, 9.17) is 21.8 Å². The molecule has 0 amide bonds. The average molecular weight is 304 g/mol. The van der Waals surface area contributed by atoms with Gasteiger partial charge < -0.3 is 10.2 Å². The Bertz CT molecular complexity index is 742. The molecule has 0 radical (unpaired) electrons. The van der Waals surface area contributed by atoms with E-state index in [0.717, 1.165) is 34.7 Å². The summed E-state index contributed by atoms with van der Waals surface area (Å²) in [5, 5.41) is 6.18. The number of halogens is 1. The van der Waals surface area contributed by atoms with Gasteiger partial charge >= 0.3 is 0 Å². The molecule has 0 saturated carbocycles. The van der Waals surface area contributed by atoms with Crippen molar-refractivity contribution in [1.29, 1.82) is 0 Å². The Kier molecular flexibility index (Phi) is 3.74. The van der Waals surface area contributed by atoms with Crippen molar-refractivity contribution in [3.05, 3.63) is 52.5 Å². The molecule has 0 spiro atoms. The number of fused-ring (bicyclic) bond motifs is 1. The van der Waals surface area contributed by atoms with Gasteiger partial charge in [-0.25, -0.2) is 0 Å². The Morgan fingerprint density at radius 3 is 2.86 bits per heavy atom. The molecule has 0 bridgehead atoms. The van der Waals surface area contributed by atoms with Gasteiger partial charge in [0.15, 0.2) is 0 Å². The standard InChI is InChI=1S/C16H18ClN3O/c1-3-20-13(16(17)10(2)19-20)9-12(18)15-8-11-6-4-5-7-14(11)21-15/h4-8,12H,3,9,18H2,1-2H3. The number of hydrogen-bond donors (Lipinski definition) is 1. The highest BCUT2D eigenvalue weighted by Crippen LogP contribution is 2.28. The monoisotopic (exact) mass is 303 g/mol. The Morgan fingerprint density at radius 2 is 2.14 bits per heavy atom. The van der Waals surface area contributed by atoms with Crippen molar-refractivity contribution in [2.45, 2.75) is 32.9 Å². The van der Waals surface area contributed by atoms with Gasteiger partial charge in [0.05, 0.1) is 22.5 Å². The van der Waals surface area contributed by atoms with Gasteiger partial charge in [-0.2, -0.15) is 5.10 Å². The second kappa shape index (κ2) is 5.54. The lowest BCUT2D eigenvalue weighted by Gasteiger charge is -2.10. The molecule has 1 unspecified atom stereocenters. The molecule has 0 aliphatic carbocycles. The summed E-state index contributed by atoms with van der Waals surface area (Å²) < 4.78 is 7.73. The molecule has 0 fully saturated rings. The highest BCUT2D eigenvalue weighted by molar-refractivity contribution is 6.31. The van der Waals surface area contributed by atoms with Gasteiger partial charge in [-0.15, -0.1) is 0 Å². The molecular weight excluding hydrogens is 286 g/mol. The summed E-state index contributed by atoms with van der Waals surface area (Å²) in [6.45, 7) is 4.72. The van der Waals surface area contributed by atoms with Crippen molar-refractivity contribution >= 4 is 22.6 Å². The summed E-state index contributed by atoms with van der Waals surface area (Å²) in [4.78, 5) is 0. The van der Waals surface area contributed by atoms with Gasteiger partial charge in [0.2, 0.25) is 0 Å². The summed E-state index contributed by atoms with van der Waals surface area (Å²) in [7, 11) is 0. The van der Waals surface area contributed by atoms with Gasteiger partial charge in [0, 0.05) is 18.4 Å². The molecule has 1 atom stereocenters. The van der Waals surface area contributed by atoms with Crippen LogP contribution >= 0.6 is 11.6 Å². The predicted molar refractivity (Wildman–Crippen MR) is 84.5 cm³/mol. The minimum atomic E-state index is -0.240. The molecule has 4 nitrogen and oxygen atoms in total. The van der Waals surface area contributed by atoms with Crippen molar-refractivity contribution in [2.75, 3.05) is 0 Å². The van der Waals surface area contributed by atoms with E-state index in [1.54, 1.807) is 0 Å². The third-order valence-corrected chi connectivity index (χ3v) is 4.17. The molecule has 1 aromatic carbocycles. The molecule has 3 aromatic rings. The minimum absolute atomic E-state index is 0.240. The zero-order valence-electron chi connectivity index (χ0n) is 12.1. The average Bonchev–Trinajstić information content (AvgIpc) is 3.03. The van der Waals surface area contributed by atoms with Crippen LogP contribution in [-0.2, 0) is 13.0 Å². The second-order valence-corrected chi connectivity index (χ2v) is 5.54. The first kappa shape index (κ1) is 14.2. The van der Waals surface area contributed by atoms with Crippen LogP contribution in [0.2, 0.25) is 5.02 Å². The Labute approximate surface area is 128 Å². The van der Waals surface area contributed by atoms with E-state index in [1.807, 2.05) is 48.9 Å². The smallest absolute Gasteiger partial charge is 0.134 e. The molecule has 5 heteroatoms. The molecule has 2 N–H and O–H groups in total. The third-order valence-electron chi connectivity index (χ3n) is 3.68. The van der Waals surface area contributed by atoms with Crippen LogP contribution in [0.15, 0.2) is 34.7 Å².